The SMILES string of the molecule is C[C@@H]1C[C@H](C)CN(C[C@H](C)NS(=O)(=O)CCCF)C1. The number of nitrogens with one attached hydrogen (secondary N) is 1. The zero-order valence-corrected chi connectivity index (χ0v) is 13.0. The molecule has 1 fully saturated rings. The maximum Gasteiger partial charge on any atom is 0.211 e. The van der Waals surface area contributed by atoms with Crippen molar-refractivity contribution in [2.24, 2.45) is 11.8 Å². The highest BCUT2D eigenvalue weighted by Gasteiger charge is 2.24. The second-order valence-electron chi connectivity index (χ2n) is 6.04. The van der Waals surface area contributed by atoms with Crippen LogP contribution in [0.4, 0.5) is 4.39 Å². The van der Waals surface area contributed by atoms with Gasteiger partial charge < -0.3 is 4.90 Å². The topological polar surface area (TPSA) is 49.4 Å². The zero-order chi connectivity index (χ0) is 14.5. The lowest BCUT2D eigenvalue weighted by Crippen LogP contribution is -2.47. The van der Waals surface area contributed by atoms with Gasteiger partial charge in [0.25, 0.3) is 0 Å². The number of rotatable bonds is 7. The van der Waals surface area contributed by atoms with Gasteiger partial charge in [-0.1, -0.05) is 13.8 Å². The van der Waals surface area contributed by atoms with Gasteiger partial charge >= 0.3 is 0 Å². The number of hydrogen-bond acceptors (Lipinski definition) is 3. The molecular weight excluding hydrogens is 267 g/mol. The number of halogens is 1. The molecule has 3 atom stereocenters. The van der Waals surface area contributed by atoms with Gasteiger partial charge in [-0.15, -0.1) is 0 Å². The highest BCUT2D eigenvalue weighted by molar-refractivity contribution is 7.89. The normalized spacial score (nSPS) is 27.4. The Morgan fingerprint density at radius 2 is 1.89 bits per heavy atom. The van der Waals surface area contributed by atoms with Crippen molar-refractivity contribution >= 4 is 10.0 Å². The maximum absolute atomic E-state index is 12.0. The van der Waals surface area contributed by atoms with Gasteiger partial charge in [-0.2, -0.15) is 0 Å². The first-order valence-electron chi connectivity index (χ1n) is 7.10. The summed E-state index contributed by atoms with van der Waals surface area (Å²) in [6.45, 7) is 8.54. The van der Waals surface area contributed by atoms with Crippen LogP contribution in [0.1, 0.15) is 33.6 Å². The highest BCUT2D eigenvalue weighted by atomic mass is 32.2. The van der Waals surface area contributed by atoms with Crippen LogP contribution in [0.5, 0.6) is 0 Å². The van der Waals surface area contributed by atoms with Gasteiger partial charge in [0.05, 0.1) is 12.4 Å². The summed E-state index contributed by atoms with van der Waals surface area (Å²) in [4.78, 5) is 2.32. The van der Waals surface area contributed by atoms with Crippen molar-refractivity contribution in [3.8, 4) is 0 Å². The smallest absolute Gasteiger partial charge is 0.211 e. The molecular formula is C13H27FN2O2S. The van der Waals surface area contributed by atoms with Crippen molar-refractivity contribution in [3.63, 3.8) is 0 Å². The molecule has 1 saturated heterocycles. The number of piperidine rings is 1. The molecule has 1 aliphatic rings. The van der Waals surface area contributed by atoms with E-state index < -0.39 is 16.7 Å². The van der Waals surface area contributed by atoms with E-state index in [1.165, 1.54) is 6.42 Å². The van der Waals surface area contributed by atoms with Gasteiger partial charge in [-0.25, -0.2) is 13.1 Å². The second-order valence-corrected chi connectivity index (χ2v) is 7.92. The van der Waals surface area contributed by atoms with E-state index in [2.05, 4.69) is 23.5 Å². The molecule has 1 heterocycles. The van der Waals surface area contributed by atoms with Gasteiger partial charge in [0, 0.05) is 25.7 Å². The fourth-order valence-electron chi connectivity index (χ4n) is 2.98. The van der Waals surface area contributed by atoms with E-state index >= 15 is 0 Å². The predicted octanol–water partition coefficient (Wildman–Crippen LogP) is 1.63. The van der Waals surface area contributed by atoms with Gasteiger partial charge in [-0.05, 0) is 31.6 Å². The summed E-state index contributed by atoms with van der Waals surface area (Å²) in [5.74, 6) is 1.21. The summed E-state index contributed by atoms with van der Waals surface area (Å²) in [5, 5.41) is 0. The average Bonchev–Trinajstić information content (AvgIpc) is 2.23. The Morgan fingerprint density at radius 1 is 1.32 bits per heavy atom. The molecule has 114 valence electrons. The Kier molecular flexibility index (Phi) is 6.69. The van der Waals surface area contributed by atoms with Crippen molar-refractivity contribution in [3.05, 3.63) is 0 Å². The summed E-state index contributed by atoms with van der Waals surface area (Å²) in [6, 6.07) is -0.123. The maximum atomic E-state index is 12.0. The zero-order valence-electron chi connectivity index (χ0n) is 12.2. The number of alkyl halides is 1. The average molecular weight is 294 g/mol. The second kappa shape index (κ2) is 7.55. The Balaban J connectivity index is 2.40. The number of hydrogen-bond donors (Lipinski definition) is 1. The van der Waals surface area contributed by atoms with E-state index in [1.54, 1.807) is 0 Å². The molecule has 0 amide bonds. The van der Waals surface area contributed by atoms with Gasteiger partial charge in [-0.3, -0.25) is 4.39 Å². The van der Waals surface area contributed by atoms with Crippen LogP contribution in [0.3, 0.4) is 0 Å². The largest absolute Gasteiger partial charge is 0.301 e. The molecule has 0 radical (unpaired) electrons. The van der Waals surface area contributed by atoms with Gasteiger partial charge in [0.2, 0.25) is 10.0 Å². The Bertz CT molecular complexity index is 352. The van der Waals surface area contributed by atoms with Crippen LogP contribution in [0, 0.1) is 11.8 Å². The van der Waals surface area contributed by atoms with Crippen molar-refractivity contribution < 1.29 is 12.8 Å². The van der Waals surface area contributed by atoms with Crippen LogP contribution in [-0.4, -0.2) is 51.4 Å². The Hall–Kier alpha value is -0.200. The first kappa shape index (κ1) is 16.9. The molecule has 1 aliphatic heterocycles. The van der Waals surface area contributed by atoms with Crippen LogP contribution < -0.4 is 4.72 Å². The summed E-state index contributed by atoms with van der Waals surface area (Å²) >= 11 is 0. The third-order valence-corrected chi connectivity index (χ3v) is 4.99. The molecule has 0 aromatic heterocycles. The van der Waals surface area contributed by atoms with Crippen LogP contribution in [-0.2, 0) is 10.0 Å². The van der Waals surface area contributed by atoms with E-state index in [4.69, 9.17) is 0 Å². The van der Waals surface area contributed by atoms with Crippen LogP contribution in [0.25, 0.3) is 0 Å². The lowest BCUT2D eigenvalue weighted by Gasteiger charge is -2.36. The summed E-state index contributed by atoms with van der Waals surface area (Å²) in [7, 11) is -3.34. The number of likely N-dealkylation sites (tertiary alicyclic amines) is 1. The quantitative estimate of drug-likeness (QED) is 0.776. The van der Waals surface area contributed by atoms with Gasteiger partial charge in [0.1, 0.15) is 0 Å². The van der Waals surface area contributed by atoms with E-state index in [0.717, 1.165) is 19.6 Å². The van der Waals surface area contributed by atoms with Crippen LogP contribution in [0.2, 0.25) is 0 Å². The molecule has 0 bridgehead atoms. The minimum Gasteiger partial charge on any atom is -0.301 e. The van der Waals surface area contributed by atoms with Crippen molar-refractivity contribution in [1.82, 2.24) is 9.62 Å². The molecule has 0 aromatic carbocycles. The van der Waals surface area contributed by atoms with Crippen molar-refractivity contribution in [2.45, 2.75) is 39.7 Å². The predicted molar refractivity (Wildman–Crippen MR) is 76.4 cm³/mol. The van der Waals surface area contributed by atoms with Crippen LogP contribution >= 0.6 is 0 Å². The summed E-state index contributed by atoms with van der Waals surface area (Å²) < 4.78 is 38.0. The van der Waals surface area contributed by atoms with E-state index in [1.807, 2.05) is 6.92 Å². The number of sulfonamides is 1. The molecule has 1 N–H and O–H groups in total. The fourth-order valence-corrected chi connectivity index (χ4v) is 4.27. The Labute approximate surface area is 116 Å². The third-order valence-electron chi connectivity index (χ3n) is 3.40. The molecule has 0 spiro atoms. The third kappa shape index (κ3) is 6.68. The highest BCUT2D eigenvalue weighted by Crippen LogP contribution is 2.20. The first-order valence-corrected chi connectivity index (χ1v) is 8.76. The van der Waals surface area contributed by atoms with E-state index in [-0.39, 0.29) is 18.2 Å². The Morgan fingerprint density at radius 3 is 2.42 bits per heavy atom. The fraction of sp³-hybridized carbons (Fsp3) is 1.00. The molecule has 1 rings (SSSR count). The van der Waals surface area contributed by atoms with E-state index in [9.17, 15) is 12.8 Å². The molecule has 0 aliphatic carbocycles. The molecule has 4 nitrogen and oxygen atoms in total. The lowest BCUT2D eigenvalue weighted by molar-refractivity contribution is 0.134. The summed E-state index contributed by atoms with van der Waals surface area (Å²) in [6.07, 6.45) is 1.31. The summed E-state index contributed by atoms with van der Waals surface area (Å²) in [5.41, 5.74) is 0. The van der Waals surface area contributed by atoms with Gasteiger partial charge in [0.15, 0.2) is 0 Å². The van der Waals surface area contributed by atoms with Crippen LogP contribution in [0.15, 0.2) is 0 Å². The minimum atomic E-state index is -3.34. The van der Waals surface area contributed by atoms with E-state index in [0.29, 0.717) is 11.8 Å². The van der Waals surface area contributed by atoms with Crippen molar-refractivity contribution in [2.75, 3.05) is 32.1 Å². The standard InChI is InChI=1S/C13H27FN2O2S/c1-11-7-12(2)9-16(8-11)10-13(3)15-19(17,18)6-4-5-14/h11-13,15H,4-10H2,1-3H3/t11-,12+,13-/m0/s1. The van der Waals surface area contributed by atoms with Crippen molar-refractivity contribution in [1.29, 1.82) is 0 Å². The number of nitrogens with zero attached hydrogens (tertiary/aromatic N) is 1. The monoisotopic (exact) mass is 294 g/mol. The first-order chi connectivity index (χ1) is 8.82. The molecule has 6 heteroatoms. The molecule has 0 unspecified atom stereocenters. The molecule has 0 aromatic rings. The minimum absolute atomic E-state index is 0.0693. The lowest BCUT2D eigenvalue weighted by atomic mass is 9.92. The molecule has 0 saturated carbocycles. The molecule has 19 heavy (non-hydrogen) atoms.